The smallest absolute Gasteiger partial charge is 0.251 e. The SMILES string of the molecule is C=CCOc1cccc(C(=O)NCc2ccccc2Cl)c1. The Morgan fingerprint density at radius 2 is 2.05 bits per heavy atom. The van der Waals surface area contributed by atoms with Crippen molar-refractivity contribution in [2.24, 2.45) is 0 Å². The summed E-state index contributed by atoms with van der Waals surface area (Å²) >= 11 is 6.06. The van der Waals surface area contributed by atoms with E-state index in [0.717, 1.165) is 5.56 Å². The summed E-state index contributed by atoms with van der Waals surface area (Å²) in [6, 6.07) is 14.4. The molecule has 0 aliphatic carbocycles. The van der Waals surface area contributed by atoms with E-state index in [1.54, 1.807) is 36.4 Å². The van der Waals surface area contributed by atoms with Crippen molar-refractivity contribution in [3.63, 3.8) is 0 Å². The maximum atomic E-state index is 12.1. The highest BCUT2D eigenvalue weighted by Gasteiger charge is 2.07. The first-order valence-corrected chi connectivity index (χ1v) is 6.94. The normalized spacial score (nSPS) is 9.95. The summed E-state index contributed by atoms with van der Waals surface area (Å²) in [5, 5.41) is 3.48. The molecule has 2 aromatic carbocycles. The average molecular weight is 302 g/mol. The topological polar surface area (TPSA) is 38.3 Å². The van der Waals surface area contributed by atoms with Gasteiger partial charge in [0.2, 0.25) is 0 Å². The Kier molecular flexibility index (Phi) is 5.41. The lowest BCUT2D eigenvalue weighted by Gasteiger charge is -2.08. The lowest BCUT2D eigenvalue weighted by Crippen LogP contribution is -2.22. The lowest BCUT2D eigenvalue weighted by atomic mass is 10.2. The van der Waals surface area contributed by atoms with Gasteiger partial charge in [0, 0.05) is 17.1 Å². The minimum absolute atomic E-state index is 0.168. The standard InChI is InChI=1S/C17H16ClNO2/c1-2-10-21-15-8-5-7-13(11-15)17(20)19-12-14-6-3-4-9-16(14)18/h2-9,11H,1,10,12H2,(H,19,20). The number of benzene rings is 2. The third-order valence-corrected chi connectivity index (χ3v) is 3.23. The molecule has 108 valence electrons. The molecular weight excluding hydrogens is 286 g/mol. The molecule has 1 N–H and O–H groups in total. The molecule has 4 heteroatoms. The van der Waals surface area contributed by atoms with E-state index in [1.165, 1.54) is 0 Å². The number of halogens is 1. The van der Waals surface area contributed by atoms with Crippen molar-refractivity contribution in [1.29, 1.82) is 0 Å². The summed E-state index contributed by atoms with van der Waals surface area (Å²) in [6.07, 6.45) is 1.66. The summed E-state index contributed by atoms with van der Waals surface area (Å²) in [7, 11) is 0. The van der Waals surface area contributed by atoms with Crippen LogP contribution in [0, 0.1) is 0 Å². The first kappa shape index (κ1) is 15.1. The van der Waals surface area contributed by atoms with Crippen LogP contribution in [-0.4, -0.2) is 12.5 Å². The fourth-order valence-electron chi connectivity index (χ4n) is 1.80. The number of carbonyl (C=O) groups is 1. The van der Waals surface area contributed by atoms with E-state index in [2.05, 4.69) is 11.9 Å². The Morgan fingerprint density at radius 3 is 2.81 bits per heavy atom. The van der Waals surface area contributed by atoms with Gasteiger partial charge in [-0.2, -0.15) is 0 Å². The van der Waals surface area contributed by atoms with E-state index in [-0.39, 0.29) is 5.91 Å². The van der Waals surface area contributed by atoms with Crippen molar-refractivity contribution < 1.29 is 9.53 Å². The van der Waals surface area contributed by atoms with Crippen LogP contribution >= 0.6 is 11.6 Å². The zero-order valence-electron chi connectivity index (χ0n) is 11.5. The number of hydrogen-bond donors (Lipinski definition) is 1. The largest absolute Gasteiger partial charge is 0.490 e. The summed E-state index contributed by atoms with van der Waals surface area (Å²) in [5.41, 5.74) is 1.43. The van der Waals surface area contributed by atoms with Crippen LogP contribution in [0.3, 0.4) is 0 Å². The number of carbonyl (C=O) groups excluding carboxylic acids is 1. The highest BCUT2D eigenvalue weighted by molar-refractivity contribution is 6.31. The van der Waals surface area contributed by atoms with Gasteiger partial charge >= 0.3 is 0 Å². The molecule has 0 radical (unpaired) electrons. The van der Waals surface area contributed by atoms with Crippen LogP contribution < -0.4 is 10.1 Å². The molecule has 2 rings (SSSR count). The van der Waals surface area contributed by atoms with E-state index in [0.29, 0.717) is 29.5 Å². The Labute approximate surface area is 129 Å². The first-order chi connectivity index (χ1) is 10.2. The fourth-order valence-corrected chi connectivity index (χ4v) is 2.00. The molecule has 2 aromatic rings. The maximum Gasteiger partial charge on any atom is 0.251 e. The van der Waals surface area contributed by atoms with Gasteiger partial charge < -0.3 is 10.1 Å². The molecule has 0 aliphatic rings. The van der Waals surface area contributed by atoms with Gasteiger partial charge in [0.1, 0.15) is 12.4 Å². The van der Waals surface area contributed by atoms with Crippen LogP contribution in [0.1, 0.15) is 15.9 Å². The third kappa shape index (κ3) is 4.36. The minimum Gasteiger partial charge on any atom is -0.490 e. The van der Waals surface area contributed by atoms with Crippen LogP contribution in [-0.2, 0) is 6.54 Å². The molecule has 0 bridgehead atoms. The number of nitrogens with one attached hydrogen (secondary N) is 1. The van der Waals surface area contributed by atoms with E-state index in [1.807, 2.05) is 18.2 Å². The van der Waals surface area contributed by atoms with E-state index < -0.39 is 0 Å². The molecule has 0 spiro atoms. The molecule has 0 fully saturated rings. The zero-order chi connectivity index (χ0) is 15.1. The molecule has 0 saturated heterocycles. The molecule has 0 aromatic heterocycles. The Hall–Kier alpha value is -2.26. The molecule has 0 saturated carbocycles. The molecule has 1 amide bonds. The van der Waals surface area contributed by atoms with E-state index >= 15 is 0 Å². The number of ether oxygens (including phenoxy) is 1. The van der Waals surface area contributed by atoms with Crippen molar-refractivity contribution in [1.82, 2.24) is 5.32 Å². The first-order valence-electron chi connectivity index (χ1n) is 6.56. The van der Waals surface area contributed by atoms with Crippen molar-refractivity contribution in [2.45, 2.75) is 6.54 Å². The molecule has 3 nitrogen and oxygen atoms in total. The van der Waals surface area contributed by atoms with Gasteiger partial charge in [0.25, 0.3) is 5.91 Å². The highest BCUT2D eigenvalue weighted by atomic mass is 35.5. The quantitative estimate of drug-likeness (QED) is 0.823. The number of hydrogen-bond acceptors (Lipinski definition) is 2. The molecule has 0 aliphatic heterocycles. The Balaban J connectivity index is 2.00. The predicted molar refractivity (Wildman–Crippen MR) is 84.8 cm³/mol. The fraction of sp³-hybridized carbons (Fsp3) is 0.118. The molecule has 0 atom stereocenters. The van der Waals surface area contributed by atoms with Crippen LogP contribution in [0.25, 0.3) is 0 Å². The van der Waals surface area contributed by atoms with Crippen LogP contribution in [0.2, 0.25) is 5.02 Å². The summed E-state index contributed by atoms with van der Waals surface area (Å²) < 4.78 is 5.41. The highest BCUT2D eigenvalue weighted by Crippen LogP contribution is 2.16. The number of rotatable bonds is 6. The van der Waals surface area contributed by atoms with Gasteiger partial charge in [0.15, 0.2) is 0 Å². The monoisotopic (exact) mass is 301 g/mol. The van der Waals surface area contributed by atoms with Crippen molar-refractivity contribution in [2.75, 3.05) is 6.61 Å². The summed E-state index contributed by atoms with van der Waals surface area (Å²) in [5.74, 6) is 0.472. The molecular formula is C17H16ClNO2. The number of amides is 1. The van der Waals surface area contributed by atoms with Gasteiger partial charge in [0.05, 0.1) is 0 Å². The summed E-state index contributed by atoms with van der Waals surface area (Å²) in [6.45, 7) is 4.38. The van der Waals surface area contributed by atoms with Crippen molar-refractivity contribution in [3.05, 3.63) is 77.3 Å². The Bertz CT molecular complexity index is 640. The minimum atomic E-state index is -0.168. The van der Waals surface area contributed by atoms with Gasteiger partial charge in [-0.3, -0.25) is 4.79 Å². The lowest BCUT2D eigenvalue weighted by molar-refractivity contribution is 0.0950. The maximum absolute atomic E-state index is 12.1. The van der Waals surface area contributed by atoms with Crippen LogP contribution in [0.4, 0.5) is 0 Å². The Morgan fingerprint density at radius 1 is 1.24 bits per heavy atom. The second-order valence-corrected chi connectivity index (χ2v) is 4.81. The van der Waals surface area contributed by atoms with Crippen LogP contribution in [0.5, 0.6) is 5.75 Å². The third-order valence-electron chi connectivity index (χ3n) is 2.86. The van der Waals surface area contributed by atoms with Gasteiger partial charge in [-0.05, 0) is 29.8 Å². The second-order valence-electron chi connectivity index (χ2n) is 4.40. The molecule has 0 unspecified atom stereocenters. The summed E-state index contributed by atoms with van der Waals surface area (Å²) in [4.78, 5) is 12.1. The molecule has 21 heavy (non-hydrogen) atoms. The van der Waals surface area contributed by atoms with Gasteiger partial charge in [-0.25, -0.2) is 0 Å². The van der Waals surface area contributed by atoms with E-state index in [9.17, 15) is 4.79 Å². The second kappa shape index (κ2) is 7.50. The zero-order valence-corrected chi connectivity index (χ0v) is 12.3. The van der Waals surface area contributed by atoms with Crippen molar-refractivity contribution >= 4 is 17.5 Å². The van der Waals surface area contributed by atoms with Crippen LogP contribution in [0.15, 0.2) is 61.2 Å². The van der Waals surface area contributed by atoms with Gasteiger partial charge in [-0.15, -0.1) is 0 Å². The predicted octanol–water partition coefficient (Wildman–Crippen LogP) is 3.83. The van der Waals surface area contributed by atoms with Crippen molar-refractivity contribution in [3.8, 4) is 5.75 Å². The van der Waals surface area contributed by atoms with E-state index in [4.69, 9.17) is 16.3 Å². The average Bonchev–Trinajstić information content (AvgIpc) is 2.52. The van der Waals surface area contributed by atoms with Gasteiger partial charge in [-0.1, -0.05) is 48.5 Å². The molecule has 0 heterocycles.